The van der Waals surface area contributed by atoms with Crippen molar-refractivity contribution in [2.24, 2.45) is 0 Å². The van der Waals surface area contributed by atoms with Crippen LogP contribution >= 0.6 is 0 Å². The van der Waals surface area contributed by atoms with E-state index in [2.05, 4.69) is 0 Å². The maximum atomic E-state index is 11.6. The largest absolute Gasteiger partial charge is 0.443 e. The molecular formula is C18H16N2O7. The second-order valence-corrected chi connectivity index (χ2v) is 6.46. The Morgan fingerprint density at radius 3 is 1.59 bits per heavy atom. The van der Waals surface area contributed by atoms with Crippen LogP contribution in [0, 0.1) is 20.2 Å². The van der Waals surface area contributed by atoms with Crippen molar-refractivity contribution in [2.75, 3.05) is 13.2 Å². The van der Waals surface area contributed by atoms with Gasteiger partial charge in [-0.15, -0.1) is 0 Å². The minimum absolute atomic E-state index is 0.0268. The van der Waals surface area contributed by atoms with Crippen LogP contribution in [0.5, 0.6) is 11.5 Å². The Balaban J connectivity index is 1.71. The highest BCUT2D eigenvalue weighted by molar-refractivity contribution is 5.59. The predicted molar refractivity (Wildman–Crippen MR) is 93.2 cm³/mol. The quantitative estimate of drug-likeness (QED) is 0.396. The first-order valence-corrected chi connectivity index (χ1v) is 8.46. The van der Waals surface area contributed by atoms with Gasteiger partial charge in [0.15, 0.2) is 0 Å². The first-order valence-electron chi connectivity index (χ1n) is 8.46. The van der Waals surface area contributed by atoms with E-state index in [1.54, 1.807) is 24.3 Å². The van der Waals surface area contributed by atoms with Gasteiger partial charge in [-0.1, -0.05) is 24.3 Å². The molecule has 9 nitrogen and oxygen atoms in total. The van der Waals surface area contributed by atoms with Crippen LogP contribution in [-0.2, 0) is 22.3 Å². The summed E-state index contributed by atoms with van der Waals surface area (Å²) < 4.78 is 16.0. The van der Waals surface area contributed by atoms with Crippen molar-refractivity contribution in [1.29, 1.82) is 0 Å². The summed E-state index contributed by atoms with van der Waals surface area (Å²) in [5, 5.41) is 23.2. The molecule has 2 saturated heterocycles. The predicted octanol–water partition coefficient (Wildman–Crippen LogP) is 3.18. The van der Waals surface area contributed by atoms with Gasteiger partial charge in [-0.05, 0) is 12.1 Å². The minimum atomic E-state index is -0.527. The fourth-order valence-electron chi connectivity index (χ4n) is 3.02. The van der Waals surface area contributed by atoms with Crippen molar-refractivity contribution in [3.05, 3.63) is 67.8 Å². The van der Waals surface area contributed by atoms with E-state index in [1.165, 1.54) is 12.1 Å². The number of benzene rings is 2. The van der Waals surface area contributed by atoms with Crippen LogP contribution < -0.4 is 4.74 Å². The molecule has 2 aliphatic rings. The minimum Gasteiger partial charge on any atom is -0.443 e. The molecule has 0 saturated carbocycles. The zero-order valence-corrected chi connectivity index (χ0v) is 14.2. The van der Waals surface area contributed by atoms with Gasteiger partial charge in [0, 0.05) is 24.0 Å². The van der Waals surface area contributed by atoms with Crippen LogP contribution in [0.15, 0.2) is 36.4 Å². The molecule has 0 bridgehead atoms. The normalized spacial score (nSPS) is 20.1. The van der Waals surface area contributed by atoms with E-state index in [1.807, 2.05) is 0 Å². The molecule has 0 N–H and O–H groups in total. The zero-order chi connectivity index (χ0) is 19.0. The van der Waals surface area contributed by atoms with Crippen LogP contribution in [0.4, 0.5) is 11.4 Å². The SMILES string of the molecule is O=[N+]([O-])c1c(CC2CO2)cccc1Oc1cccc(CC2CO2)c1[N+](=O)[O-]. The molecule has 140 valence electrons. The molecule has 2 aromatic rings. The molecule has 0 aromatic heterocycles. The van der Waals surface area contributed by atoms with Crippen molar-refractivity contribution < 1.29 is 24.1 Å². The van der Waals surface area contributed by atoms with Crippen molar-refractivity contribution in [3.63, 3.8) is 0 Å². The third-order valence-corrected chi connectivity index (χ3v) is 4.45. The molecule has 2 aliphatic heterocycles. The second kappa shape index (κ2) is 6.93. The number of nitro benzene ring substituents is 2. The highest BCUT2D eigenvalue weighted by atomic mass is 16.6. The molecule has 27 heavy (non-hydrogen) atoms. The summed E-state index contributed by atoms with van der Waals surface area (Å²) in [7, 11) is 0. The average Bonchev–Trinajstić information content (AvgIpc) is 3.51. The van der Waals surface area contributed by atoms with Crippen molar-refractivity contribution in [2.45, 2.75) is 25.0 Å². The monoisotopic (exact) mass is 372 g/mol. The smallest absolute Gasteiger partial charge is 0.314 e. The molecule has 2 atom stereocenters. The van der Waals surface area contributed by atoms with Gasteiger partial charge in [0.1, 0.15) is 0 Å². The van der Waals surface area contributed by atoms with Gasteiger partial charge in [0.25, 0.3) is 0 Å². The lowest BCUT2D eigenvalue weighted by atomic mass is 10.1. The van der Waals surface area contributed by atoms with Gasteiger partial charge < -0.3 is 14.2 Å². The third-order valence-electron chi connectivity index (χ3n) is 4.45. The highest BCUT2D eigenvalue weighted by Crippen LogP contribution is 2.40. The molecule has 0 aliphatic carbocycles. The van der Waals surface area contributed by atoms with Crippen LogP contribution in [0.3, 0.4) is 0 Å². The molecule has 0 radical (unpaired) electrons. The van der Waals surface area contributed by atoms with Crippen LogP contribution in [0.2, 0.25) is 0 Å². The van der Waals surface area contributed by atoms with Gasteiger partial charge in [-0.2, -0.15) is 0 Å². The average molecular weight is 372 g/mol. The molecular weight excluding hydrogens is 356 g/mol. The van der Waals surface area contributed by atoms with Crippen molar-refractivity contribution in [3.8, 4) is 11.5 Å². The Hall–Kier alpha value is -3.04. The summed E-state index contributed by atoms with van der Waals surface area (Å²) in [6, 6.07) is 9.43. The topological polar surface area (TPSA) is 121 Å². The lowest BCUT2D eigenvalue weighted by Gasteiger charge is -2.11. The molecule has 4 rings (SSSR count). The number of hydrogen-bond donors (Lipinski definition) is 0. The molecule has 9 heteroatoms. The maximum absolute atomic E-state index is 11.6. The van der Waals surface area contributed by atoms with Gasteiger partial charge >= 0.3 is 11.4 Å². The number of ether oxygens (including phenoxy) is 3. The van der Waals surface area contributed by atoms with E-state index < -0.39 is 9.85 Å². The Kier molecular flexibility index (Phi) is 4.46. The Labute approximate surface area is 153 Å². The summed E-state index contributed by atoms with van der Waals surface area (Å²) in [6.45, 7) is 1.14. The molecule has 0 spiro atoms. The van der Waals surface area contributed by atoms with E-state index in [9.17, 15) is 20.2 Å². The lowest BCUT2D eigenvalue weighted by Crippen LogP contribution is -2.04. The molecule has 2 heterocycles. The number of rotatable bonds is 8. The zero-order valence-electron chi connectivity index (χ0n) is 14.2. The van der Waals surface area contributed by atoms with E-state index in [-0.39, 0.29) is 35.1 Å². The molecule has 2 fully saturated rings. The lowest BCUT2D eigenvalue weighted by molar-refractivity contribution is -0.388. The van der Waals surface area contributed by atoms with Crippen molar-refractivity contribution in [1.82, 2.24) is 0 Å². The van der Waals surface area contributed by atoms with Gasteiger partial charge in [0.2, 0.25) is 11.5 Å². The van der Waals surface area contributed by atoms with Crippen molar-refractivity contribution >= 4 is 11.4 Å². The second-order valence-electron chi connectivity index (χ2n) is 6.46. The van der Waals surface area contributed by atoms with E-state index in [0.29, 0.717) is 37.2 Å². The number of para-hydroxylation sites is 2. The van der Waals surface area contributed by atoms with Gasteiger partial charge in [-0.25, -0.2) is 0 Å². The molecule has 2 aromatic carbocycles. The number of nitro groups is 2. The molecule has 0 amide bonds. The van der Waals surface area contributed by atoms with Crippen LogP contribution in [0.1, 0.15) is 11.1 Å². The summed E-state index contributed by atoms with van der Waals surface area (Å²) in [6.07, 6.45) is 0.730. The first kappa shape index (κ1) is 17.4. The van der Waals surface area contributed by atoms with Crippen LogP contribution in [-0.4, -0.2) is 35.3 Å². The van der Waals surface area contributed by atoms with Gasteiger partial charge in [0.05, 0.1) is 35.3 Å². The maximum Gasteiger partial charge on any atom is 0.314 e. The van der Waals surface area contributed by atoms with E-state index in [4.69, 9.17) is 14.2 Å². The van der Waals surface area contributed by atoms with E-state index >= 15 is 0 Å². The summed E-state index contributed by atoms with van der Waals surface area (Å²) >= 11 is 0. The fourth-order valence-corrected chi connectivity index (χ4v) is 3.02. The number of nitrogens with zero attached hydrogens (tertiary/aromatic N) is 2. The molecule has 2 unspecified atom stereocenters. The third kappa shape index (κ3) is 3.88. The fraction of sp³-hybridized carbons (Fsp3) is 0.333. The highest BCUT2D eigenvalue weighted by Gasteiger charge is 2.32. The Morgan fingerprint density at radius 2 is 1.26 bits per heavy atom. The number of hydrogen-bond acceptors (Lipinski definition) is 7. The van der Waals surface area contributed by atoms with E-state index in [0.717, 1.165) is 0 Å². The standard InChI is InChI=1S/C18H16N2O7/c21-19(22)17-11(7-13-9-25-13)3-1-5-15(17)27-16-6-2-4-12(8-14-10-26-14)18(16)20(23)24/h1-6,13-14H,7-10H2. The Bertz CT molecular complexity index is 833. The Morgan fingerprint density at radius 1 is 0.852 bits per heavy atom. The van der Waals surface area contributed by atoms with Gasteiger partial charge in [-0.3, -0.25) is 20.2 Å². The first-order chi connectivity index (χ1) is 13.0. The number of epoxide rings is 2. The van der Waals surface area contributed by atoms with Crippen LogP contribution in [0.25, 0.3) is 0 Å². The summed E-state index contributed by atoms with van der Waals surface area (Å²) in [4.78, 5) is 22.2. The summed E-state index contributed by atoms with van der Waals surface area (Å²) in [5.41, 5.74) is 0.562. The summed E-state index contributed by atoms with van der Waals surface area (Å²) in [5.74, 6) is -0.0536.